The van der Waals surface area contributed by atoms with Gasteiger partial charge < -0.3 is 19.9 Å². The molecule has 1 aromatic carbocycles. The van der Waals surface area contributed by atoms with Crippen LogP contribution in [0.5, 0.6) is 0 Å². The molecule has 160 valence electrons. The van der Waals surface area contributed by atoms with E-state index >= 15 is 0 Å². The molecule has 1 saturated heterocycles. The summed E-state index contributed by atoms with van der Waals surface area (Å²) >= 11 is 0. The van der Waals surface area contributed by atoms with Crippen molar-refractivity contribution in [3.8, 4) is 0 Å². The van der Waals surface area contributed by atoms with Crippen LogP contribution in [-0.4, -0.2) is 72.6 Å². The number of rotatable bonds is 9. The van der Waals surface area contributed by atoms with Crippen molar-refractivity contribution in [3.05, 3.63) is 59.9 Å². The monoisotopic (exact) mass is 416 g/mol. The van der Waals surface area contributed by atoms with Crippen molar-refractivity contribution < 1.29 is 23.6 Å². The van der Waals surface area contributed by atoms with Gasteiger partial charge in [-0.05, 0) is 17.7 Å². The predicted octanol–water partition coefficient (Wildman–Crippen LogP) is -0.320. The third kappa shape index (κ3) is 6.85. The van der Waals surface area contributed by atoms with Gasteiger partial charge in [0.1, 0.15) is 24.6 Å². The number of halogens is 1. The van der Waals surface area contributed by atoms with E-state index in [9.17, 15) is 14.0 Å². The number of ether oxygens (including phenoxy) is 1. The first-order chi connectivity index (χ1) is 14.6. The van der Waals surface area contributed by atoms with Crippen LogP contribution >= 0.6 is 0 Å². The largest absolute Gasteiger partial charge is 0.370 e. The molecule has 0 unspecified atom stereocenters. The van der Waals surface area contributed by atoms with Crippen LogP contribution in [0.3, 0.4) is 0 Å². The molecule has 1 fully saturated rings. The predicted molar refractivity (Wildman–Crippen MR) is 107 cm³/mol. The molecule has 9 heteroatoms. The Morgan fingerprint density at radius 3 is 2.60 bits per heavy atom. The molecule has 0 spiro atoms. The number of benzene rings is 1. The molecule has 1 aliphatic rings. The van der Waals surface area contributed by atoms with Gasteiger partial charge in [-0.2, -0.15) is 0 Å². The average molecular weight is 416 g/mol. The molecule has 0 bridgehead atoms. The standard InChI is InChI=1S/C21H26FN5O3/c22-18-3-1-17(2-4-18)15-25-20(28)5-8-27(10-9-26-11-13-30-14-12-26)21(29)19-16-23-6-7-24-19/h1-4,6-7,16H,5,8-15H2,(H,25,28)/p+1. The van der Waals surface area contributed by atoms with E-state index in [1.54, 1.807) is 17.0 Å². The van der Waals surface area contributed by atoms with Gasteiger partial charge in [-0.1, -0.05) is 12.1 Å². The van der Waals surface area contributed by atoms with Gasteiger partial charge in [0.05, 0.1) is 32.5 Å². The van der Waals surface area contributed by atoms with Crippen molar-refractivity contribution in [3.63, 3.8) is 0 Å². The minimum absolute atomic E-state index is 0.171. The second-order valence-electron chi connectivity index (χ2n) is 7.15. The Morgan fingerprint density at radius 1 is 1.13 bits per heavy atom. The van der Waals surface area contributed by atoms with Crippen LogP contribution in [0.1, 0.15) is 22.5 Å². The quantitative estimate of drug-likeness (QED) is 0.585. The third-order valence-electron chi connectivity index (χ3n) is 5.02. The Balaban J connectivity index is 1.53. The van der Waals surface area contributed by atoms with E-state index in [0.29, 0.717) is 13.1 Å². The fraction of sp³-hybridized carbons (Fsp3) is 0.429. The fourth-order valence-corrected chi connectivity index (χ4v) is 3.22. The molecule has 2 N–H and O–H groups in total. The molecular formula is C21H27FN5O3+. The average Bonchev–Trinajstić information content (AvgIpc) is 2.79. The number of nitrogens with one attached hydrogen (secondary N) is 2. The number of morpholine rings is 1. The first kappa shape index (κ1) is 21.8. The van der Waals surface area contributed by atoms with Gasteiger partial charge >= 0.3 is 0 Å². The van der Waals surface area contributed by atoms with Crippen molar-refractivity contribution in [2.45, 2.75) is 13.0 Å². The van der Waals surface area contributed by atoms with Gasteiger partial charge in [-0.25, -0.2) is 9.37 Å². The van der Waals surface area contributed by atoms with Crippen molar-refractivity contribution in [2.75, 3.05) is 45.9 Å². The summed E-state index contributed by atoms with van der Waals surface area (Å²) in [5, 5.41) is 2.81. The molecule has 0 radical (unpaired) electrons. The summed E-state index contributed by atoms with van der Waals surface area (Å²) < 4.78 is 18.4. The number of hydrogen-bond acceptors (Lipinski definition) is 5. The van der Waals surface area contributed by atoms with Gasteiger partial charge in [0.15, 0.2) is 0 Å². The van der Waals surface area contributed by atoms with Crippen LogP contribution in [0.4, 0.5) is 4.39 Å². The highest BCUT2D eigenvalue weighted by Crippen LogP contribution is 2.04. The van der Waals surface area contributed by atoms with E-state index in [2.05, 4.69) is 15.3 Å². The Labute approximate surface area is 175 Å². The van der Waals surface area contributed by atoms with E-state index in [4.69, 9.17) is 4.74 Å². The van der Waals surface area contributed by atoms with E-state index in [-0.39, 0.29) is 36.3 Å². The maximum absolute atomic E-state index is 13.0. The molecule has 2 aromatic rings. The summed E-state index contributed by atoms with van der Waals surface area (Å²) in [4.78, 5) is 36.2. The van der Waals surface area contributed by atoms with Gasteiger partial charge in [-0.15, -0.1) is 0 Å². The van der Waals surface area contributed by atoms with Gasteiger partial charge in [0, 0.05) is 31.9 Å². The molecule has 8 nitrogen and oxygen atoms in total. The molecule has 0 saturated carbocycles. The zero-order chi connectivity index (χ0) is 21.2. The maximum atomic E-state index is 13.0. The van der Waals surface area contributed by atoms with Crippen molar-refractivity contribution >= 4 is 11.8 Å². The van der Waals surface area contributed by atoms with E-state index in [1.165, 1.54) is 35.6 Å². The number of carbonyl (C=O) groups excluding carboxylic acids is 2. The van der Waals surface area contributed by atoms with Crippen molar-refractivity contribution in [1.29, 1.82) is 0 Å². The fourth-order valence-electron chi connectivity index (χ4n) is 3.22. The number of carbonyl (C=O) groups is 2. The van der Waals surface area contributed by atoms with E-state index < -0.39 is 0 Å². The lowest BCUT2D eigenvalue weighted by Gasteiger charge is -2.27. The highest BCUT2D eigenvalue weighted by molar-refractivity contribution is 5.92. The molecule has 1 aliphatic heterocycles. The number of quaternary nitrogens is 1. The zero-order valence-electron chi connectivity index (χ0n) is 16.8. The normalized spacial score (nSPS) is 14.3. The summed E-state index contributed by atoms with van der Waals surface area (Å²) in [6.07, 6.45) is 4.60. The second kappa shape index (κ2) is 11.3. The van der Waals surface area contributed by atoms with E-state index in [1.807, 2.05) is 0 Å². The number of aromatic nitrogens is 2. The minimum Gasteiger partial charge on any atom is -0.370 e. The topological polar surface area (TPSA) is 88.9 Å². The molecule has 2 heterocycles. The molecule has 3 rings (SSSR count). The lowest BCUT2D eigenvalue weighted by atomic mass is 10.2. The smallest absolute Gasteiger partial charge is 0.274 e. The highest BCUT2D eigenvalue weighted by atomic mass is 19.1. The molecule has 0 atom stereocenters. The summed E-state index contributed by atoms with van der Waals surface area (Å²) in [6, 6.07) is 5.97. The molecular weight excluding hydrogens is 389 g/mol. The van der Waals surface area contributed by atoms with Crippen LogP contribution in [-0.2, 0) is 16.1 Å². The van der Waals surface area contributed by atoms with Gasteiger partial charge in [-0.3, -0.25) is 14.6 Å². The van der Waals surface area contributed by atoms with Crippen LogP contribution in [0, 0.1) is 5.82 Å². The summed E-state index contributed by atoms with van der Waals surface area (Å²) in [5.74, 6) is -0.720. The Kier molecular flexibility index (Phi) is 8.22. The third-order valence-corrected chi connectivity index (χ3v) is 5.02. The SMILES string of the molecule is O=C(CCN(CC[NH+]1CCOCC1)C(=O)c1cnccn1)NCc1ccc(F)cc1. The van der Waals surface area contributed by atoms with E-state index in [0.717, 1.165) is 38.4 Å². The Hall–Kier alpha value is -2.91. The van der Waals surface area contributed by atoms with Crippen molar-refractivity contribution in [2.24, 2.45) is 0 Å². The Morgan fingerprint density at radius 2 is 1.90 bits per heavy atom. The molecule has 1 aromatic heterocycles. The van der Waals surface area contributed by atoms with Crippen molar-refractivity contribution in [1.82, 2.24) is 20.2 Å². The molecule has 30 heavy (non-hydrogen) atoms. The highest BCUT2D eigenvalue weighted by Gasteiger charge is 2.21. The zero-order valence-corrected chi connectivity index (χ0v) is 16.8. The molecule has 0 aliphatic carbocycles. The second-order valence-corrected chi connectivity index (χ2v) is 7.15. The van der Waals surface area contributed by atoms with Gasteiger partial charge in [0.25, 0.3) is 5.91 Å². The van der Waals surface area contributed by atoms with Gasteiger partial charge in [0.2, 0.25) is 5.91 Å². The summed E-state index contributed by atoms with van der Waals surface area (Å²) in [5.41, 5.74) is 1.08. The number of amides is 2. The summed E-state index contributed by atoms with van der Waals surface area (Å²) in [6.45, 7) is 5.17. The van der Waals surface area contributed by atoms with Crippen LogP contribution in [0.2, 0.25) is 0 Å². The summed E-state index contributed by atoms with van der Waals surface area (Å²) in [7, 11) is 0. The first-order valence-corrected chi connectivity index (χ1v) is 10.1. The number of nitrogens with zero attached hydrogens (tertiary/aromatic N) is 3. The van der Waals surface area contributed by atoms with Crippen LogP contribution < -0.4 is 10.2 Å². The van der Waals surface area contributed by atoms with Crippen LogP contribution in [0.15, 0.2) is 42.9 Å². The maximum Gasteiger partial charge on any atom is 0.274 e. The molecule has 2 amide bonds. The lowest BCUT2D eigenvalue weighted by molar-refractivity contribution is -0.907. The van der Waals surface area contributed by atoms with Crippen LogP contribution in [0.25, 0.3) is 0 Å². The minimum atomic E-state index is -0.314. The first-order valence-electron chi connectivity index (χ1n) is 10.1. The Bertz CT molecular complexity index is 813. The number of hydrogen-bond donors (Lipinski definition) is 2. The lowest BCUT2D eigenvalue weighted by Crippen LogP contribution is -3.14.